The molecule has 2 heteroatoms. The van der Waals surface area contributed by atoms with E-state index in [1.165, 1.54) is 16.7 Å². The summed E-state index contributed by atoms with van der Waals surface area (Å²) in [5, 5.41) is 0. The van der Waals surface area contributed by atoms with E-state index in [0.29, 0.717) is 0 Å². The van der Waals surface area contributed by atoms with Gasteiger partial charge in [-0.1, -0.05) is 54.6 Å². The molecule has 112 valence electrons. The summed E-state index contributed by atoms with van der Waals surface area (Å²) >= 11 is 0. The number of ether oxygens (including phenoxy) is 1. The third kappa shape index (κ3) is 2.88. The standard InChI is InChI=1S/C21H18NO/c1-2-6-18(7-3-1)19-12-10-17(11-13-19)16-22-14-15-23-21-9-5-4-8-20(21)22/h1-13,16H,14-15H2/q+1. The van der Waals surface area contributed by atoms with E-state index in [4.69, 9.17) is 4.74 Å². The van der Waals surface area contributed by atoms with Crippen molar-refractivity contribution in [3.8, 4) is 16.9 Å². The van der Waals surface area contributed by atoms with E-state index >= 15 is 0 Å². The first-order chi connectivity index (χ1) is 11.4. The average molecular weight is 300 g/mol. The average Bonchev–Trinajstić information content (AvgIpc) is 2.63. The predicted octanol–water partition coefficient (Wildman–Crippen LogP) is 4.51. The molecule has 1 heterocycles. The fourth-order valence-electron chi connectivity index (χ4n) is 2.90. The molecule has 0 fully saturated rings. The molecular formula is C21H18NO+. The van der Waals surface area contributed by atoms with Crippen LogP contribution in [0.5, 0.6) is 5.75 Å². The summed E-state index contributed by atoms with van der Waals surface area (Å²) in [5.74, 6) is 0.955. The fourth-order valence-corrected chi connectivity index (χ4v) is 2.90. The number of nitrogens with zero attached hydrogens (tertiary/aromatic N) is 1. The molecule has 0 aromatic heterocycles. The van der Waals surface area contributed by atoms with E-state index in [-0.39, 0.29) is 0 Å². The first-order valence-corrected chi connectivity index (χ1v) is 7.89. The Bertz CT molecular complexity index is 835. The molecule has 0 saturated heterocycles. The summed E-state index contributed by atoms with van der Waals surface area (Å²) in [4.78, 5) is 0. The Morgan fingerprint density at radius 2 is 1.43 bits per heavy atom. The lowest BCUT2D eigenvalue weighted by atomic mass is 10.0. The van der Waals surface area contributed by atoms with Gasteiger partial charge in [0.25, 0.3) is 0 Å². The molecule has 0 N–H and O–H groups in total. The maximum Gasteiger partial charge on any atom is 0.247 e. The molecule has 0 bridgehead atoms. The van der Waals surface area contributed by atoms with Crippen molar-refractivity contribution in [2.24, 2.45) is 0 Å². The Labute approximate surface area is 136 Å². The zero-order valence-electron chi connectivity index (χ0n) is 12.9. The van der Waals surface area contributed by atoms with E-state index in [9.17, 15) is 0 Å². The Hall–Kier alpha value is -2.87. The maximum atomic E-state index is 5.71. The van der Waals surface area contributed by atoms with Gasteiger partial charge < -0.3 is 4.74 Å². The highest BCUT2D eigenvalue weighted by Gasteiger charge is 2.21. The van der Waals surface area contributed by atoms with Crippen molar-refractivity contribution < 1.29 is 9.31 Å². The van der Waals surface area contributed by atoms with Gasteiger partial charge in [-0.15, -0.1) is 0 Å². The van der Waals surface area contributed by atoms with E-state index in [1.54, 1.807) is 0 Å². The second-order valence-corrected chi connectivity index (χ2v) is 5.63. The molecule has 0 saturated carbocycles. The molecule has 0 unspecified atom stereocenters. The number of fused-ring (bicyclic) bond motifs is 1. The largest absolute Gasteiger partial charge is 0.480 e. The molecular weight excluding hydrogens is 282 g/mol. The zero-order chi connectivity index (χ0) is 15.5. The highest BCUT2D eigenvalue weighted by atomic mass is 16.5. The lowest BCUT2D eigenvalue weighted by Gasteiger charge is -2.14. The van der Waals surface area contributed by atoms with E-state index < -0.39 is 0 Å². The molecule has 3 aromatic rings. The highest BCUT2D eigenvalue weighted by molar-refractivity contribution is 5.78. The van der Waals surface area contributed by atoms with Gasteiger partial charge in [-0.2, -0.15) is 4.58 Å². The summed E-state index contributed by atoms with van der Waals surface area (Å²) < 4.78 is 7.97. The normalized spacial score (nSPS) is 15.0. The van der Waals surface area contributed by atoms with Gasteiger partial charge in [-0.25, -0.2) is 0 Å². The number of para-hydroxylation sites is 2. The third-order valence-electron chi connectivity index (χ3n) is 4.09. The first-order valence-electron chi connectivity index (χ1n) is 7.89. The van der Waals surface area contributed by atoms with Crippen LogP contribution in [-0.4, -0.2) is 23.9 Å². The summed E-state index contributed by atoms with van der Waals surface area (Å²) in [5.41, 5.74) is 4.81. The molecule has 0 spiro atoms. The minimum atomic E-state index is 0.718. The molecule has 0 amide bonds. The fraction of sp³-hybridized carbons (Fsp3) is 0.0952. The molecule has 23 heavy (non-hydrogen) atoms. The highest BCUT2D eigenvalue weighted by Crippen LogP contribution is 2.29. The lowest BCUT2D eigenvalue weighted by Crippen LogP contribution is -2.22. The van der Waals surface area contributed by atoms with E-state index in [2.05, 4.69) is 65.4 Å². The van der Waals surface area contributed by atoms with Crippen LogP contribution in [0.15, 0.2) is 78.9 Å². The van der Waals surface area contributed by atoms with Gasteiger partial charge in [0.1, 0.15) is 6.61 Å². The molecule has 0 aliphatic carbocycles. The zero-order valence-corrected chi connectivity index (χ0v) is 12.9. The monoisotopic (exact) mass is 300 g/mol. The van der Waals surface area contributed by atoms with Crippen molar-refractivity contribution in [3.63, 3.8) is 0 Å². The summed E-state index contributed by atoms with van der Waals surface area (Å²) in [6, 6.07) is 27.3. The Kier molecular flexibility index (Phi) is 3.65. The smallest absolute Gasteiger partial charge is 0.247 e. The van der Waals surface area contributed by atoms with Crippen molar-refractivity contribution in [1.82, 2.24) is 0 Å². The minimum Gasteiger partial charge on any atom is -0.480 e. The van der Waals surface area contributed by atoms with Gasteiger partial charge in [-0.3, -0.25) is 0 Å². The van der Waals surface area contributed by atoms with Crippen LogP contribution in [0.1, 0.15) is 5.56 Å². The Morgan fingerprint density at radius 1 is 0.739 bits per heavy atom. The van der Waals surface area contributed by atoms with Crippen LogP contribution in [0.25, 0.3) is 11.1 Å². The van der Waals surface area contributed by atoms with Gasteiger partial charge in [0.05, 0.1) is 0 Å². The topological polar surface area (TPSA) is 12.2 Å². The first kappa shape index (κ1) is 13.8. The van der Waals surface area contributed by atoms with Crippen LogP contribution in [0.3, 0.4) is 0 Å². The summed E-state index contributed by atoms with van der Waals surface area (Å²) in [6.07, 6.45) is 2.19. The van der Waals surface area contributed by atoms with Crippen molar-refractivity contribution in [2.75, 3.05) is 13.2 Å². The second-order valence-electron chi connectivity index (χ2n) is 5.63. The Morgan fingerprint density at radius 3 is 2.26 bits per heavy atom. The van der Waals surface area contributed by atoms with E-state index in [0.717, 1.165) is 24.6 Å². The van der Waals surface area contributed by atoms with Crippen LogP contribution in [0.4, 0.5) is 5.69 Å². The Balaban J connectivity index is 1.65. The van der Waals surface area contributed by atoms with Crippen LogP contribution < -0.4 is 4.74 Å². The summed E-state index contributed by atoms with van der Waals surface area (Å²) in [7, 11) is 0. The van der Waals surface area contributed by atoms with Crippen molar-refractivity contribution in [1.29, 1.82) is 0 Å². The minimum absolute atomic E-state index is 0.718. The molecule has 0 atom stereocenters. The molecule has 2 nitrogen and oxygen atoms in total. The maximum absolute atomic E-state index is 5.71. The quantitative estimate of drug-likeness (QED) is 0.634. The second kappa shape index (κ2) is 6.09. The molecule has 1 aliphatic heterocycles. The van der Waals surface area contributed by atoms with Crippen molar-refractivity contribution in [2.45, 2.75) is 0 Å². The van der Waals surface area contributed by atoms with Gasteiger partial charge in [-0.05, 0) is 29.3 Å². The number of hydrogen-bond acceptors (Lipinski definition) is 1. The van der Waals surface area contributed by atoms with E-state index in [1.807, 2.05) is 24.3 Å². The number of rotatable bonds is 2. The van der Waals surface area contributed by atoms with Crippen LogP contribution >= 0.6 is 0 Å². The molecule has 3 aromatic carbocycles. The summed E-state index contributed by atoms with van der Waals surface area (Å²) in [6.45, 7) is 1.59. The predicted molar refractivity (Wildman–Crippen MR) is 93.8 cm³/mol. The van der Waals surface area contributed by atoms with Crippen molar-refractivity contribution >= 4 is 11.9 Å². The molecule has 0 radical (unpaired) electrons. The van der Waals surface area contributed by atoms with Gasteiger partial charge in [0.15, 0.2) is 18.5 Å². The van der Waals surface area contributed by atoms with Gasteiger partial charge in [0, 0.05) is 11.6 Å². The third-order valence-corrected chi connectivity index (χ3v) is 4.09. The van der Waals surface area contributed by atoms with Crippen LogP contribution in [0.2, 0.25) is 0 Å². The van der Waals surface area contributed by atoms with Crippen LogP contribution in [-0.2, 0) is 0 Å². The van der Waals surface area contributed by atoms with Crippen LogP contribution in [0, 0.1) is 0 Å². The van der Waals surface area contributed by atoms with Gasteiger partial charge in [0.2, 0.25) is 5.69 Å². The van der Waals surface area contributed by atoms with Crippen molar-refractivity contribution in [3.05, 3.63) is 84.4 Å². The molecule has 4 rings (SSSR count). The number of benzene rings is 3. The van der Waals surface area contributed by atoms with Gasteiger partial charge >= 0.3 is 0 Å². The SMILES string of the molecule is C(c1ccc(-c2ccccc2)cc1)=[N+]1CCOc2ccccc21. The lowest BCUT2D eigenvalue weighted by molar-refractivity contribution is -0.446. The molecule has 1 aliphatic rings. The number of hydrogen-bond donors (Lipinski definition) is 0.